The molecular weight excluding hydrogens is 368 g/mol. The van der Waals surface area contributed by atoms with Crippen molar-refractivity contribution in [3.63, 3.8) is 0 Å². The number of rotatable bonds is 5. The molecule has 0 aliphatic carbocycles. The van der Waals surface area contributed by atoms with E-state index in [2.05, 4.69) is 24.1 Å². The van der Waals surface area contributed by atoms with Crippen LogP contribution in [-0.2, 0) is 17.8 Å². The van der Waals surface area contributed by atoms with E-state index in [4.69, 9.17) is 14.2 Å². The van der Waals surface area contributed by atoms with Gasteiger partial charge >= 0.3 is 0 Å². The molecule has 6 heteroatoms. The summed E-state index contributed by atoms with van der Waals surface area (Å²) in [6.45, 7) is 8.53. The van der Waals surface area contributed by atoms with E-state index in [1.807, 2.05) is 42.5 Å². The third-order valence-corrected chi connectivity index (χ3v) is 5.18. The fourth-order valence-corrected chi connectivity index (χ4v) is 3.92. The van der Waals surface area contributed by atoms with Gasteiger partial charge in [0.25, 0.3) is 5.91 Å². The zero-order valence-electron chi connectivity index (χ0n) is 17.0. The summed E-state index contributed by atoms with van der Waals surface area (Å²) in [5.41, 5.74) is 2.85. The molecular formula is C23H28N2O4. The molecule has 1 saturated heterocycles. The largest absolute Gasteiger partial charge is 0.486 e. The number of ether oxygens (including phenoxy) is 3. The van der Waals surface area contributed by atoms with Crippen molar-refractivity contribution in [3.05, 3.63) is 59.2 Å². The summed E-state index contributed by atoms with van der Waals surface area (Å²) in [5.74, 6) is 1.41. The van der Waals surface area contributed by atoms with Gasteiger partial charge in [-0.25, -0.2) is 0 Å². The van der Waals surface area contributed by atoms with Gasteiger partial charge in [0.15, 0.2) is 11.5 Å². The van der Waals surface area contributed by atoms with Gasteiger partial charge < -0.3 is 19.5 Å². The molecule has 2 atom stereocenters. The topological polar surface area (TPSA) is 60.0 Å². The highest BCUT2D eigenvalue weighted by Crippen LogP contribution is 2.30. The lowest BCUT2D eigenvalue weighted by molar-refractivity contribution is -0.0704. The molecule has 1 amide bonds. The Morgan fingerprint density at radius 2 is 1.62 bits per heavy atom. The number of amides is 1. The lowest BCUT2D eigenvalue weighted by atomic mass is 10.1. The third kappa shape index (κ3) is 5.08. The highest BCUT2D eigenvalue weighted by molar-refractivity contribution is 5.94. The number of carbonyl (C=O) groups is 1. The molecule has 2 aromatic rings. The number of nitrogens with zero attached hydrogens (tertiary/aromatic N) is 1. The smallest absolute Gasteiger partial charge is 0.251 e. The third-order valence-electron chi connectivity index (χ3n) is 5.18. The fraction of sp³-hybridized carbons (Fsp3) is 0.435. The van der Waals surface area contributed by atoms with Crippen LogP contribution >= 0.6 is 0 Å². The molecule has 0 aromatic heterocycles. The van der Waals surface area contributed by atoms with Crippen LogP contribution in [0.5, 0.6) is 11.5 Å². The van der Waals surface area contributed by atoms with E-state index in [9.17, 15) is 4.79 Å². The Morgan fingerprint density at radius 3 is 2.34 bits per heavy atom. The maximum Gasteiger partial charge on any atom is 0.251 e. The van der Waals surface area contributed by atoms with Gasteiger partial charge in [0.1, 0.15) is 13.2 Å². The molecule has 2 aromatic carbocycles. The maximum absolute atomic E-state index is 12.5. The molecule has 2 aliphatic heterocycles. The number of fused-ring (bicyclic) bond motifs is 1. The van der Waals surface area contributed by atoms with Crippen LogP contribution in [0.15, 0.2) is 42.5 Å². The minimum Gasteiger partial charge on any atom is -0.486 e. The average Bonchev–Trinajstić information content (AvgIpc) is 2.71. The zero-order chi connectivity index (χ0) is 20.2. The van der Waals surface area contributed by atoms with Crippen LogP contribution in [0.1, 0.15) is 35.3 Å². The first kappa shape index (κ1) is 19.7. The Bertz CT molecular complexity index is 842. The standard InChI is InChI=1S/C23H28N2O4/c1-16-13-25(14-17(2)29-16)15-18-3-6-20(7-4-18)23(26)24-12-19-5-8-21-22(11-19)28-10-9-27-21/h3-8,11,16-17H,9-10,12-15H2,1-2H3,(H,24,26)/t16-,17-/m1/s1. The van der Waals surface area contributed by atoms with Crippen LogP contribution in [-0.4, -0.2) is 49.3 Å². The molecule has 0 saturated carbocycles. The number of benzene rings is 2. The second-order valence-electron chi connectivity index (χ2n) is 7.81. The average molecular weight is 396 g/mol. The Balaban J connectivity index is 1.31. The first-order valence-corrected chi connectivity index (χ1v) is 10.2. The first-order chi connectivity index (χ1) is 14.1. The zero-order valence-corrected chi connectivity index (χ0v) is 17.0. The van der Waals surface area contributed by atoms with Gasteiger partial charge in [-0.05, 0) is 49.2 Å². The van der Waals surface area contributed by atoms with Crippen molar-refractivity contribution in [3.8, 4) is 11.5 Å². The van der Waals surface area contributed by atoms with Crippen LogP contribution in [0.2, 0.25) is 0 Å². The van der Waals surface area contributed by atoms with E-state index in [1.54, 1.807) is 0 Å². The number of morpholine rings is 1. The highest BCUT2D eigenvalue weighted by atomic mass is 16.6. The van der Waals surface area contributed by atoms with Gasteiger partial charge in [0.2, 0.25) is 0 Å². The van der Waals surface area contributed by atoms with Crippen LogP contribution in [0, 0.1) is 0 Å². The molecule has 0 unspecified atom stereocenters. The summed E-state index contributed by atoms with van der Waals surface area (Å²) >= 11 is 0. The quantitative estimate of drug-likeness (QED) is 0.842. The lowest BCUT2D eigenvalue weighted by Crippen LogP contribution is -2.44. The predicted octanol–water partition coefficient (Wildman–Crippen LogP) is 3.00. The summed E-state index contributed by atoms with van der Waals surface area (Å²) in [6.07, 6.45) is 0.508. The van der Waals surface area contributed by atoms with Crippen molar-refractivity contribution < 1.29 is 19.0 Å². The van der Waals surface area contributed by atoms with Crippen molar-refractivity contribution in [1.82, 2.24) is 10.2 Å². The van der Waals surface area contributed by atoms with Crippen molar-refractivity contribution in [2.24, 2.45) is 0 Å². The van der Waals surface area contributed by atoms with E-state index in [0.717, 1.165) is 36.7 Å². The number of hydrogen-bond acceptors (Lipinski definition) is 5. The van der Waals surface area contributed by atoms with Crippen molar-refractivity contribution in [2.45, 2.75) is 39.1 Å². The first-order valence-electron chi connectivity index (χ1n) is 10.2. The second-order valence-corrected chi connectivity index (χ2v) is 7.81. The summed E-state index contributed by atoms with van der Waals surface area (Å²) < 4.78 is 16.9. The van der Waals surface area contributed by atoms with Gasteiger partial charge in [-0.3, -0.25) is 9.69 Å². The number of nitrogens with one attached hydrogen (secondary N) is 1. The van der Waals surface area contributed by atoms with Crippen molar-refractivity contribution >= 4 is 5.91 Å². The molecule has 0 spiro atoms. The van der Waals surface area contributed by atoms with Crippen LogP contribution in [0.4, 0.5) is 0 Å². The minimum atomic E-state index is -0.0833. The lowest BCUT2D eigenvalue weighted by Gasteiger charge is -2.35. The maximum atomic E-state index is 12.5. The van der Waals surface area contributed by atoms with E-state index >= 15 is 0 Å². The molecule has 1 fully saturated rings. The minimum absolute atomic E-state index is 0.0833. The van der Waals surface area contributed by atoms with Crippen LogP contribution in [0.3, 0.4) is 0 Å². The van der Waals surface area contributed by atoms with Gasteiger partial charge in [-0.2, -0.15) is 0 Å². The normalized spacial score (nSPS) is 21.6. The Hall–Kier alpha value is -2.57. The van der Waals surface area contributed by atoms with Crippen molar-refractivity contribution in [2.75, 3.05) is 26.3 Å². The van der Waals surface area contributed by atoms with Crippen molar-refractivity contribution in [1.29, 1.82) is 0 Å². The van der Waals surface area contributed by atoms with E-state index in [-0.39, 0.29) is 18.1 Å². The molecule has 0 bridgehead atoms. The summed E-state index contributed by atoms with van der Waals surface area (Å²) in [6, 6.07) is 13.6. The second kappa shape index (κ2) is 8.84. The molecule has 154 valence electrons. The fourth-order valence-electron chi connectivity index (χ4n) is 3.92. The molecule has 6 nitrogen and oxygen atoms in total. The molecule has 0 radical (unpaired) electrons. The van der Waals surface area contributed by atoms with E-state index in [0.29, 0.717) is 25.3 Å². The van der Waals surface area contributed by atoms with Crippen LogP contribution in [0.25, 0.3) is 0 Å². The molecule has 29 heavy (non-hydrogen) atoms. The van der Waals surface area contributed by atoms with E-state index in [1.165, 1.54) is 5.56 Å². The molecule has 2 aliphatic rings. The van der Waals surface area contributed by atoms with Gasteiger partial charge in [-0.15, -0.1) is 0 Å². The molecule has 2 heterocycles. The van der Waals surface area contributed by atoms with E-state index < -0.39 is 0 Å². The van der Waals surface area contributed by atoms with Gasteiger partial charge in [-0.1, -0.05) is 18.2 Å². The van der Waals surface area contributed by atoms with Gasteiger partial charge in [0, 0.05) is 31.7 Å². The number of carbonyl (C=O) groups excluding carboxylic acids is 1. The molecule has 1 N–H and O–H groups in total. The highest BCUT2D eigenvalue weighted by Gasteiger charge is 2.22. The monoisotopic (exact) mass is 396 g/mol. The summed E-state index contributed by atoms with van der Waals surface area (Å²) in [4.78, 5) is 14.9. The predicted molar refractivity (Wildman–Crippen MR) is 110 cm³/mol. The van der Waals surface area contributed by atoms with Crippen LogP contribution < -0.4 is 14.8 Å². The SMILES string of the molecule is C[C@@H]1CN(Cc2ccc(C(=O)NCc3ccc4c(c3)OCCO4)cc2)C[C@@H](C)O1. The summed E-state index contributed by atoms with van der Waals surface area (Å²) in [5, 5.41) is 2.97. The molecule has 4 rings (SSSR count). The Kier molecular flexibility index (Phi) is 6.02. The summed E-state index contributed by atoms with van der Waals surface area (Å²) in [7, 11) is 0. The van der Waals surface area contributed by atoms with Gasteiger partial charge in [0.05, 0.1) is 12.2 Å². The number of hydrogen-bond donors (Lipinski definition) is 1. The Morgan fingerprint density at radius 1 is 0.966 bits per heavy atom. The Labute approximate surface area is 171 Å².